The molecule has 3 aromatic rings. The Morgan fingerprint density at radius 3 is 2.56 bits per heavy atom. The average molecular weight is 459 g/mol. The summed E-state index contributed by atoms with van der Waals surface area (Å²) in [5.74, 6) is -0.543. The van der Waals surface area contributed by atoms with Gasteiger partial charge in [-0.2, -0.15) is 0 Å². The summed E-state index contributed by atoms with van der Waals surface area (Å²) < 4.78 is 53.3. The summed E-state index contributed by atoms with van der Waals surface area (Å²) in [6.07, 6.45) is -9.43. The molecule has 172 valence electrons. The van der Waals surface area contributed by atoms with E-state index in [1.807, 2.05) is 0 Å². The molecule has 2 aromatic heterocycles. The molecule has 0 aliphatic carbocycles. The number of aliphatic hydroxyl groups is 3. The van der Waals surface area contributed by atoms with Gasteiger partial charge in [-0.05, 0) is 18.2 Å². The molecule has 4 rings (SSSR count). The molecule has 1 saturated heterocycles. The van der Waals surface area contributed by atoms with E-state index in [4.69, 9.17) is 9.26 Å². The number of fused-ring (bicyclic) bond motifs is 1. The molecule has 0 amide bonds. The van der Waals surface area contributed by atoms with Crippen molar-refractivity contribution in [1.29, 1.82) is 0 Å². The molecule has 4 atom stereocenters. The zero-order valence-corrected chi connectivity index (χ0v) is 16.0. The first kappa shape index (κ1) is 22.0. The maximum Gasteiger partial charge on any atom is 0.573 e. The maximum absolute atomic E-state index is 12.9. The van der Waals surface area contributed by atoms with E-state index >= 15 is 0 Å². The molecule has 0 saturated carbocycles. The van der Waals surface area contributed by atoms with Crippen molar-refractivity contribution in [1.82, 2.24) is 14.3 Å². The van der Waals surface area contributed by atoms with Crippen LogP contribution in [0.25, 0.3) is 11.0 Å². The van der Waals surface area contributed by atoms with Gasteiger partial charge in [0.05, 0.1) is 18.5 Å². The van der Waals surface area contributed by atoms with Crippen molar-refractivity contribution < 1.29 is 42.5 Å². The minimum atomic E-state index is -4.92. The van der Waals surface area contributed by atoms with Gasteiger partial charge in [0.15, 0.2) is 11.8 Å². The summed E-state index contributed by atoms with van der Waals surface area (Å²) in [5, 5.41) is 33.1. The van der Waals surface area contributed by atoms with Gasteiger partial charge >= 0.3 is 12.1 Å². The van der Waals surface area contributed by atoms with E-state index in [1.165, 1.54) is 6.07 Å². The monoisotopic (exact) mass is 459 g/mol. The van der Waals surface area contributed by atoms with Gasteiger partial charge in [0.25, 0.3) is 5.56 Å². The Kier molecular flexibility index (Phi) is 5.54. The first-order valence-electron chi connectivity index (χ1n) is 9.17. The fourth-order valence-electron chi connectivity index (χ4n) is 3.41. The Morgan fingerprint density at radius 2 is 1.91 bits per heavy atom. The van der Waals surface area contributed by atoms with E-state index in [2.05, 4.69) is 9.89 Å². The van der Waals surface area contributed by atoms with Crippen LogP contribution in [-0.2, 0) is 11.3 Å². The summed E-state index contributed by atoms with van der Waals surface area (Å²) in [4.78, 5) is 25.2. The Hall–Kier alpha value is -3.20. The van der Waals surface area contributed by atoms with E-state index in [1.54, 1.807) is 0 Å². The highest BCUT2D eigenvalue weighted by molar-refractivity contribution is 5.81. The van der Waals surface area contributed by atoms with Gasteiger partial charge in [-0.15, -0.1) is 13.2 Å². The van der Waals surface area contributed by atoms with E-state index in [-0.39, 0.29) is 16.7 Å². The lowest BCUT2D eigenvalue weighted by molar-refractivity contribution is -0.274. The van der Waals surface area contributed by atoms with Gasteiger partial charge in [0, 0.05) is 12.3 Å². The molecule has 1 aliphatic heterocycles. The molecule has 3 heterocycles. The normalized spacial score (nSPS) is 23.7. The largest absolute Gasteiger partial charge is 0.573 e. The molecule has 0 spiro atoms. The standard InChI is InChI=1S/C18H16F3N3O8/c19-18(20,21)31-8-1-2-11-9(5-8)10(22-32-11)6-24-13(26)3-4-23(17(24)29)16-15(28)14(27)12(7-25)30-16/h1-5,12,14-16,25,27-28H,6-7H2/t12-,14-,15-,16-/m1/s1. The number of halogens is 3. The van der Waals surface area contributed by atoms with Crippen molar-refractivity contribution in [2.24, 2.45) is 0 Å². The Bertz CT molecular complexity index is 1250. The number of hydrogen-bond acceptors (Lipinski definition) is 9. The van der Waals surface area contributed by atoms with Crippen LogP contribution in [0.2, 0.25) is 0 Å². The number of benzene rings is 1. The molecule has 0 unspecified atom stereocenters. The third-order valence-corrected chi connectivity index (χ3v) is 4.94. The van der Waals surface area contributed by atoms with Gasteiger partial charge in [-0.1, -0.05) is 5.16 Å². The number of nitrogens with zero attached hydrogens (tertiary/aromatic N) is 3. The number of rotatable bonds is 5. The lowest BCUT2D eigenvalue weighted by Gasteiger charge is -2.18. The van der Waals surface area contributed by atoms with Crippen LogP contribution in [0, 0.1) is 0 Å². The van der Waals surface area contributed by atoms with Crippen molar-refractivity contribution in [3.05, 3.63) is 57.0 Å². The van der Waals surface area contributed by atoms with E-state index in [9.17, 15) is 38.1 Å². The molecule has 1 fully saturated rings. The summed E-state index contributed by atoms with van der Waals surface area (Å²) in [5.41, 5.74) is -1.64. The molecule has 11 nitrogen and oxygen atoms in total. The van der Waals surface area contributed by atoms with Crippen LogP contribution < -0.4 is 16.0 Å². The van der Waals surface area contributed by atoms with Gasteiger partial charge in [-0.3, -0.25) is 13.9 Å². The number of aliphatic hydroxyl groups excluding tert-OH is 3. The minimum absolute atomic E-state index is 0.0225. The summed E-state index contributed by atoms with van der Waals surface area (Å²) in [6.45, 7) is -1.09. The Balaban J connectivity index is 1.71. The molecule has 1 aromatic carbocycles. The van der Waals surface area contributed by atoms with E-state index in [0.29, 0.717) is 4.57 Å². The highest BCUT2D eigenvalue weighted by Crippen LogP contribution is 2.29. The molecule has 3 N–H and O–H groups in total. The predicted molar refractivity (Wildman–Crippen MR) is 97.8 cm³/mol. The van der Waals surface area contributed by atoms with Crippen LogP contribution >= 0.6 is 0 Å². The molecule has 32 heavy (non-hydrogen) atoms. The van der Waals surface area contributed by atoms with Crippen molar-refractivity contribution in [2.45, 2.75) is 37.4 Å². The molecule has 14 heteroatoms. The van der Waals surface area contributed by atoms with Gasteiger partial charge in [0.1, 0.15) is 29.8 Å². The summed E-state index contributed by atoms with van der Waals surface area (Å²) in [7, 11) is 0. The van der Waals surface area contributed by atoms with Gasteiger partial charge in [-0.25, -0.2) is 4.79 Å². The highest BCUT2D eigenvalue weighted by atomic mass is 19.4. The van der Waals surface area contributed by atoms with Crippen LogP contribution in [0.5, 0.6) is 5.75 Å². The molecule has 0 bridgehead atoms. The average Bonchev–Trinajstić information content (AvgIpc) is 3.25. The molecular weight excluding hydrogens is 443 g/mol. The number of ether oxygens (including phenoxy) is 2. The third kappa shape index (κ3) is 4.00. The second-order valence-electron chi connectivity index (χ2n) is 6.99. The quantitative estimate of drug-likeness (QED) is 0.468. The van der Waals surface area contributed by atoms with Crippen molar-refractivity contribution >= 4 is 11.0 Å². The SMILES string of the molecule is O=c1ccn([C@@H]2O[C@H](CO)[C@@H](O)[C@H]2O)c(=O)n1Cc1noc2ccc(OC(F)(F)F)cc12. The smallest absolute Gasteiger partial charge is 0.406 e. The number of alkyl halides is 3. The first-order valence-corrected chi connectivity index (χ1v) is 9.17. The first-order chi connectivity index (χ1) is 15.1. The second kappa shape index (κ2) is 8.05. The van der Waals surface area contributed by atoms with Crippen LogP contribution in [0.15, 0.2) is 44.6 Å². The molecular formula is C18H16F3N3O8. The van der Waals surface area contributed by atoms with E-state index < -0.39 is 61.1 Å². The van der Waals surface area contributed by atoms with Crippen LogP contribution in [0.1, 0.15) is 11.9 Å². The summed E-state index contributed by atoms with van der Waals surface area (Å²) >= 11 is 0. The van der Waals surface area contributed by atoms with E-state index in [0.717, 1.165) is 29.0 Å². The Morgan fingerprint density at radius 1 is 1.16 bits per heavy atom. The van der Waals surface area contributed by atoms with Gasteiger partial charge < -0.3 is 29.3 Å². The number of hydrogen-bond donors (Lipinski definition) is 3. The zero-order chi connectivity index (χ0) is 23.2. The minimum Gasteiger partial charge on any atom is -0.406 e. The second-order valence-corrected chi connectivity index (χ2v) is 6.99. The fraction of sp³-hybridized carbons (Fsp3) is 0.389. The lowest BCUT2D eigenvalue weighted by Crippen LogP contribution is -2.43. The van der Waals surface area contributed by atoms with Crippen molar-refractivity contribution in [3.63, 3.8) is 0 Å². The zero-order valence-electron chi connectivity index (χ0n) is 16.0. The van der Waals surface area contributed by atoms with Crippen LogP contribution in [-0.4, -0.2) is 60.9 Å². The van der Waals surface area contributed by atoms with Crippen LogP contribution in [0.3, 0.4) is 0 Å². The lowest BCUT2D eigenvalue weighted by atomic mass is 10.1. The Labute approximate surface area is 175 Å². The van der Waals surface area contributed by atoms with Crippen molar-refractivity contribution in [3.8, 4) is 5.75 Å². The predicted octanol–water partition coefficient (Wildman–Crippen LogP) is -0.290. The molecule has 0 radical (unpaired) electrons. The fourth-order valence-corrected chi connectivity index (χ4v) is 3.41. The third-order valence-electron chi connectivity index (χ3n) is 4.94. The highest BCUT2D eigenvalue weighted by Gasteiger charge is 2.44. The topological polar surface area (TPSA) is 149 Å². The number of aromatic nitrogens is 3. The molecule has 1 aliphatic rings. The summed E-state index contributed by atoms with van der Waals surface area (Å²) in [6, 6.07) is 4.22. The maximum atomic E-state index is 12.9. The van der Waals surface area contributed by atoms with Gasteiger partial charge in [0.2, 0.25) is 0 Å². The van der Waals surface area contributed by atoms with Crippen molar-refractivity contribution in [2.75, 3.05) is 6.61 Å². The van der Waals surface area contributed by atoms with Crippen LogP contribution in [0.4, 0.5) is 13.2 Å².